The molecule has 0 heterocycles. The lowest BCUT2D eigenvalue weighted by atomic mass is 9.55. The molecule has 0 aromatic heterocycles. The molecule has 0 saturated heterocycles. The van der Waals surface area contributed by atoms with Gasteiger partial charge in [0.2, 0.25) is 0 Å². The first kappa shape index (κ1) is 25.6. The first-order valence-electron chi connectivity index (χ1n) is 12.9. The third-order valence-corrected chi connectivity index (χ3v) is 9.74. The molecule has 0 aliphatic heterocycles. The predicted molar refractivity (Wildman–Crippen MR) is 129 cm³/mol. The van der Waals surface area contributed by atoms with Crippen LogP contribution in [0.5, 0.6) is 0 Å². The standard InChI is InChI=1S/C28H46O4/c1-17(2)18(3)7-8-19(4)22-9-10-23(27(22,5)13-14-29)21-16-25(31)24-15-20(30)11-12-28(24,6)26(21)32/h16-17,19-20,22-25,29-31H,3,7-15H2,1-2,4-6H3/t19-,20+,22-,23+,24-,25+,27-,28+/m1/s1. The first-order valence-corrected chi connectivity index (χ1v) is 12.9. The largest absolute Gasteiger partial charge is 0.396 e. The van der Waals surface area contributed by atoms with E-state index in [0.29, 0.717) is 43.4 Å². The average molecular weight is 447 g/mol. The molecule has 3 N–H and O–H groups in total. The van der Waals surface area contributed by atoms with Crippen molar-refractivity contribution in [2.75, 3.05) is 6.61 Å². The van der Waals surface area contributed by atoms with Gasteiger partial charge in [-0.1, -0.05) is 46.8 Å². The molecular weight excluding hydrogens is 400 g/mol. The fourth-order valence-electron chi connectivity index (χ4n) is 7.31. The van der Waals surface area contributed by atoms with Crippen molar-refractivity contribution in [3.8, 4) is 0 Å². The molecule has 0 aromatic rings. The van der Waals surface area contributed by atoms with E-state index in [1.54, 1.807) is 0 Å². The van der Waals surface area contributed by atoms with Gasteiger partial charge < -0.3 is 15.3 Å². The highest BCUT2D eigenvalue weighted by Crippen LogP contribution is 2.59. The Balaban J connectivity index is 1.86. The van der Waals surface area contributed by atoms with Crippen LogP contribution >= 0.6 is 0 Å². The summed E-state index contributed by atoms with van der Waals surface area (Å²) in [5.74, 6) is 1.47. The van der Waals surface area contributed by atoms with E-state index in [0.717, 1.165) is 31.3 Å². The van der Waals surface area contributed by atoms with Gasteiger partial charge in [0.1, 0.15) is 0 Å². The minimum atomic E-state index is -0.688. The molecule has 3 aliphatic carbocycles. The SMILES string of the molecule is C=C(CC[C@@H](C)[C@H]1CC[C@@H](C2=C[C@H](O)[C@H]3C[C@@H](O)CC[C@]3(C)C2=O)[C@]1(C)CCO)C(C)C. The van der Waals surface area contributed by atoms with Gasteiger partial charge in [-0.3, -0.25) is 4.79 Å². The zero-order valence-electron chi connectivity index (χ0n) is 20.9. The highest BCUT2D eigenvalue weighted by atomic mass is 16.3. The maximum absolute atomic E-state index is 13.8. The van der Waals surface area contributed by atoms with E-state index >= 15 is 0 Å². The van der Waals surface area contributed by atoms with E-state index in [4.69, 9.17) is 0 Å². The van der Waals surface area contributed by atoms with E-state index < -0.39 is 17.6 Å². The van der Waals surface area contributed by atoms with Gasteiger partial charge in [0.25, 0.3) is 0 Å². The van der Waals surface area contributed by atoms with Crippen molar-refractivity contribution in [1.29, 1.82) is 0 Å². The Labute approximate surface area is 195 Å². The summed E-state index contributed by atoms with van der Waals surface area (Å²) in [4.78, 5) is 13.8. The molecule has 0 unspecified atom stereocenters. The molecular formula is C28H46O4. The molecule has 0 radical (unpaired) electrons. The predicted octanol–water partition coefficient (Wildman–Crippen LogP) is 5.07. The lowest BCUT2D eigenvalue weighted by Crippen LogP contribution is -2.52. The van der Waals surface area contributed by atoms with Gasteiger partial charge in [-0.15, -0.1) is 0 Å². The van der Waals surface area contributed by atoms with E-state index in [1.165, 1.54) is 5.57 Å². The maximum Gasteiger partial charge on any atom is 0.165 e. The number of aliphatic hydroxyl groups is 3. The molecule has 8 atom stereocenters. The Morgan fingerprint density at radius 3 is 2.50 bits per heavy atom. The van der Waals surface area contributed by atoms with Crippen molar-refractivity contribution < 1.29 is 20.1 Å². The number of ketones is 1. The van der Waals surface area contributed by atoms with E-state index in [1.807, 2.05) is 13.0 Å². The number of aliphatic hydroxyl groups excluding tert-OH is 3. The third-order valence-electron chi connectivity index (χ3n) is 9.74. The van der Waals surface area contributed by atoms with Gasteiger partial charge in [0, 0.05) is 17.9 Å². The Morgan fingerprint density at radius 2 is 1.88 bits per heavy atom. The summed E-state index contributed by atoms with van der Waals surface area (Å²) in [6.07, 6.45) is 7.22. The van der Waals surface area contributed by atoms with E-state index in [9.17, 15) is 20.1 Å². The number of hydrogen-bond donors (Lipinski definition) is 3. The topological polar surface area (TPSA) is 77.8 Å². The zero-order valence-corrected chi connectivity index (χ0v) is 20.9. The van der Waals surface area contributed by atoms with Crippen LogP contribution in [-0.4, -0.2) is 39.9 Å². The third kappa shape index (κ3) is 4.52. The van der Waals surface area contributed by atoms with Crippen LogP contribution in [0.1, 0.15) is 86.0 Å². The number of hydrogen-bond acceptors (Lipinski definition) is 4. The van der Waals surface area contributed by atoms with Crippen LogP contribution in [0.25, 0.3) is 0 Å². The van der Waals surface area contributed by atoms with Gasteiger partial charge in [0.05, 0.1) is 12.2 Å². The number of carbonyl (C=O) groups excluding carboxylic acids is 1. The van der Waals surface area contributed by atoms with Gasteiger partial charge in [-0.2, -0.15) is 0 Å². The highest BCUT2D eigenvalue weighted by molar-refractivity contribution is 6.01. The van der Waals surface area contributed by atoms with Crippen molar-refractivity contribution >= 4 is 5.78 Å². The minimum Gasteiger partial charge on any atom is -0.396 e. The van der Waals surface area contributed by atoms with Crippen LogP contribution in [0.3, 0.4) is 0 Å². The van der Waals surface area contributed by atoms with Crippen molar-refractivity contribution in [3.05, 3.63) is 23.8 Å². The zero-order chi connectivity index (χ0) is 23.8. The molecule has 182 valence electrons. The number of Topliss-reactive ketones (excluding diaryl/α,β-unsaturated/α-hetero) is 1. The van der Waals surface area contributed by atoms with Crippen molar-refractivity contribution in [3.63, 3.8) is 0 Å². The molecule has 4 nitrogen and oxygen atoms in total. The number of fused-ring (bicyclic) bond motifs is 1. The van der Waals surface area contributed by atoms with Gasteiger partial charge in [-0.05, 0) is 92.1 Å². The van der Waals surface area contributed by atoms with Crippen LogP contribution < -0.4 is 0 Å². The lowest BCUT2D eigenvalue weighted by Gasteiger charge is -2.49. The van der Waals surface area contributed by atoms with Crippen LogP contribution in [-0.2, 0) is 4.79 Å². The smallest absolute Gasteiger partial charge is 0.165 e. The number of rotatable bonds is 8. The molecule has 0 amide bonds. The van der Waals surface area contributed by atoms with Crippen LogP contribution in [0, 0.1) is 40.4 Å². The summed E-state index contributed by atoms with van der Waals surface area (Å²) in [5, 5.41) is 31.1. The lowest BCUT2D eigenvalue weighted by molar-refractivity contribution is -0.138. The van der Waals surface area contributed by atoms with Crippen LogP contribution in [0.15, 0.2) is 23.8 Å². The molecule has 3 rings (SSSR count). The Hall–Kier alpha value is -0.970. The van der Waals surface area contributed by atoms with Crippen LogP contribution in [0.2, 0.25) is 0 Å². The molecule has 2 fully saturated rings. The van der Waals surface area contributed by atoms with E-state index in [-0.39, 0.29) is 29.6 Å². The van der Waals surface area contributed by atoms with Crippen molar-refractivity contribution in [2.24, 2.45) is 40.4 Å². The maximum atomic E-state index is 13.8. The normalized spacial score (nSPS) is 40.8. The minimum absolute atomic E-state index is 0.0715. The fourth-order valence-corrected chi connectivity index (χ4v) is 7.31. The fraction of sp³-hybridized carbons (Fsp3) is 0.821. The molecule has 0 spiro atoms. The summed E-state index contributed by atoms with van der Waals surface area (Å²) in [6.45, 7) is 15.3. The average Bonchev–Trinajstić information content (AvgIpc) is 3.07. The second kappa shape index (κ2) is 9.72. The molecule has 32 heavy (non-hydrogen) atoms. The Kier molecular flexibility index (Phi) is 7.79. The Morgan fingerprint density at radius 1 is 1.19 bits per heavy atom. The quantitative estimate of drug-likeness (QED) is 0.455. The van der Waals surface area contributed by atoms with Gasteiger partial charge in [-0.25, -0.2) is 0 Å². The first-order chi connectivity index (χ1) is 15.0. The Bertz CT molecular complexity index is 740. The second-order valence-electron chi connectivity index (χ2n) is 11.9. The van der Waals surface area contributed by atoms with Crippen molar-refractivity contribution in [2.45, 2.75) is 98.2 Å². The number of carbonyl (C=O) groups is 1. The van der Waals surface area contributed by atoms with Gasteiger partial charge in [0.15, 0.2) is 5.78 Å². The van der Waals surface area contributed by atoms with E-state index in [2.05, 4.69) is 34.3 Å². The molecule has 3 aliphatic rings. The van der Waals surface area contributed by atoms with Crippen molar-refractivity contribution in [1.82, 2.24) is 0 Å². The summed E-state index contributed by atoms with van der Waals surface area (Å²) in [5.41, 5.74) is 1.33. The van der Waals surface area contributed by atoms with Gasteiger partial charge >= 0.3 is 0 Å². The molecule has 0 bridgehead atoms. The second-order valence-corrected chi connectivity index (χ2v) is 11.9. The summed E-state index contributed by atoms with van der Waals surface area (Å²) in [6, 6.07) is 0. The molecule has 4 heteroatoms. The summed E-state index contributed by atoms with van der Waals surface area (Å²) < 4.78 is 0. The molecule has 2 saturated carbocycles. The monoisotopic (exact) mass is 446 g/mol. The number of allylic oxidation sites excluding steroid dienone is 2. The van der Waals surface area contributed by atoms with Crippen LogP contribution in [0.4, 0.5) is 0 Å². The highest BCUT2D eigenvalue weighted by Gasteiger charge is 2.56. The summed E-state index contributed by atoms with van der Waals surface area (Å²) in [7, 11) is 0. The summed E-state index contributed by atoms with van der Waals surface area (Å²) >= 11 is 0. The molecule has 0 aromatic carbocycles.